The van der Waals surface area contributed by atoms with Crippen molar-refractivity contribution in [3.63, 3.8) is 0 Å². The van der Waals surface area contributed by atoms with Gasteiger partial charge in [-0.2, -0.15) is 0 Å². The van der Waals surface area contributed by atoms with E-state index < -0.39 is 22.5 Å². The number of thiophene rings is 1. The number of benzene rings is 2. The quantitative estimate of drug-likeness (QED) is 0.156. The lowest BCUT2D eigenvalue weighted by Gasteiger charge is -2.71. The predicted molar refractivity (Wildman–Crippen MR) is 233 cm³/mol. The van der Waals surface area contributed by atoms with Crippen molar-refractivity contribution in [3.8, 4) is 11.5 Å². The molecule has 0 saturated heterocycles. The Labute approximate surface area is 354 Å². The topological polar surface area (TPSA) is 96.3 Å². The maximum atomic E-state index is 15.3. The maximum absolute atomic E-state index is 15.3. The Hall–Kier alpha value is -3.46. The molecule has 7 nitrogen and oxygen atoms in total. The molecule has 3 aromatic rings. The van der Waals surface area contributed by atoms with Crippen molar-refractivity contribution >= 4 is 33.1 Å². The molecule has 9 aliphatic carbocycles. The molecule has 9 aliphatic rings. The van der Waals surface area contributed by atoms with E-state index in [2.05, 4.69) is 69.0 Å². The molecular weight excluding hydrogens is 755 g/mol. The van der Waals surface area contributed by atoms with Crippen LogP contribution >= 0.6 is 11.3 Å². The first-order valence-electron chi connectivity index (χ1n) is 22.5. The number of carbonyl (C=O) groups excluding carboxylic acids is 2. The Morgan fingerprint density at radius 2 is 1.61 bits per heavy atom. The van der Waals surface area contributed by atoms with Crippen LogP contribution in [0.4, 0.5) is 0 Å². The summed E-state index contributed by atoms with van der Waals surface area (Å²) in [6.45, 7) is 10.5. The molecule has 314 valence electrons. The number of carbonyl (C=O) groups is 2. The van der Waals surface area contributed by atoms with Gasteiger partial charge in [-0.1, -0.05) is 70.2 Å². The third-order valence-electron chi connectivity index (χ3n) is 18.7. The SMILES string of the molecule is COc1ccc(CC(=O)N(CC2CCC3CC2C3(C)C)CC2(O)CCC3C45C=CC6(C=C4C(=O)c4cc7ccccc7s4)CC(O)CCC6(C)C5CCC32C)cc1OC. The van der Waals surface area contributed by atoms with Gasteiger partial charge in [-0.25, -0.2) is 0 Å². The van der Waals surface area contributed by atoms with Crippen LogP contribution in [0.15, 0.2) is 72.3 Å². The fourth-order valence-electron chi connectivity index (χ4n) is 15.1. The molecule has 4 bridgehead atoms. The number of ether oxygens (including phenoxy) is 2. The second kappa shape index (κ2) is 13.5. The second-order valence-corrected chi connectivity index (χ2v) is 22.2. The number of methoxy groups -OCH3 is 2. The van der Waals surface area contributed by atoms with Gasteiger partial charge in [0.15, 0.2) is 17.3 Å². The first-order chi connectivity index (χ1) is 28.1. The first kappa shape index (κ1) is 39.7. The molecule has 2 N–H and O–H groups in total. The summed E-state index contributed by atoms with van der Waals surface area (Å²) in [4.78, 5) is 32.9. The summed E-state index contributed by atoms with van der Waals surface area (Å²) >= 11 is 1.58. The van der Waals surface area contributed by atoms with Gasteiger partial charge in [0, 0.05) is 39.6 Å². The van der Waals surface area contributed by atoms with Crippen LogP contribution in [0.3, 0.4) is 0 Å². The van der Waals surface area contributed by atoms with Crippen LogP contribution in [0.1, 0.15) is 107 Å². The molecule has 6 fully saturated rings. The molecule has 6 saturated carbocycles. The highest BCUT2D eigenvalue weighted by molar-refractivity contribution is 7.21. The second-order valence-electron chi connectivity index (χ2n) is 21.1. The molecule has 0 radical (unpaired) electrons. The Morgan fingerprint density at radius 3 is 2.36 bits per heavy atom. The number of nitrogens with zero attached hydrogens (tertiary/aromatic N) is 1. The minimum Gasteiger partial charge on any atom is -0.493 e. The van der Waals surface area contributed by atoms with Crippen LogP contribution in [-0.4, -0.2) is 65.8 Å². The number of aliphatic hydroxyl groups is 2. The third-order valence-corrected chi connectivity index (χ3v) is 19.8. The molecule has 11 unspecified atom stereocenters. The molecule has 1 amide bonds. The van der Waals surface area contributed by atoms with Crippen LogP contribution < -0.4 is 9.47 Å². The highest BCUT2D eigenvalue weighted by atomic mass is 32.1. The van der Waals surface area contributed by atoms with Gasteiger partial charge >= 0.3 is 0 Å². The molecule has 1 aromatic heterocycles. The normalized spacial score (nSPS) is 39.7. The monoisotopic (exact) mass is 817 g/mol. The van der Waals surface area contributed by atoms with E-state index in [-0.39, 0.29) is 46.2 Å². The number of ketones is 1. The van der Waals surface area contributed by atoms with Gasteiger partial charge in [0.25, 0.3) is 0 Å². The smallest absolute Gasteiger partial charge is 0.227 e. The van der Waals surface area contributed by atoms with E-state index in [0.29, 0.717) is 49.3 Å². The Bertz CT molecular complexity index is 2240. The molecule has 59 heavy (non-hydrogen) atoms. The average molecular weight is 818 g/mol. The lowest BCUT2D eigenvalue weighted by Crippen LogP contribution is -2.67. The van der Waals surface area contributed by atoms with Gasteiger partial charge in [-0.3, -0.25) is 9.59 Å². The molecule has 0 aliphatic heterocycles. The number of hydrogen-bond acceptors (Lipinski definition) is 7. The summed E-state index contributed by atoms with van der Waals surface area (Å²) in [7, 11) is 3.24. The lowest BCUT2D eigenvalue weighted by molar-refractivity contribution is -0.180. The van der Waals surface area contributed by atoms with E-state index in [9.17, 15) is 15.0 Å². The highest BCUT2D eigenvalue weighted by Crippen LogP contribution is 2.78. The number of Topliss-reactive ketones (excluding diaryl/α,β-unsaturated/α-hetero) is 1. The Morgan fingerprint density at radius 1 is 0.864 bits per heavy atom. The van der Waals surface area contributed by atoms with Crippen LogP contribution in [0.5, 0.6) is 11.5 Å². The maximum Gasteiger partial charge on any atom is 0.227 e. The molecule has 12 rings (SSSR count). The summed E-state index contributed by atoms with van der Waals surface area (Å²) in [5.41, 5.74) is -0.688. The third kappa shape index (κ3) is 5.49. The fourth-order valence-corrected chi connectivity index (χ4v) is 16.2. The van der Waals surface area contributed by atoms with Crippen LogP contribution in [0.2, 0.25) is 0 Å². The lowest BCUT2D eigenvalue weighted by atomic mass is 9.32. The molecule has 2 aromatic carbocycles. The van der Waals surface area contributed by atoms with E-state index in [1.165, 1.54) is 12.8 Å². The van der Waals surface area contributed by atoms with Gasteiger partial charge in [0.05, 0.1) is 37.2 Å². The Kier molecular flexibility index (Phi) is 9.09. The molecule has 11 atom stereocenters. The summed E-state index contributed by atoms with van der Waals surface area (Å²) in [5.74, 6) is 3.35. The standard InChI is InChI=1S/C51H63NO6S/c1-46(2)34-13-12-33(36(46)26-34)29-52(44(54)24-31-11-14-38(57-5)39(23-31)58-6)30-50(56)20-17-43-48(50,4)19-16-42-47(3)18-15-35(53)27-49(47)21-22-51(42,43)37(28-49)45(55)41-25-32-9-7-8-10-40(32)59-41/h7-11,14,21-23,25,28,33-36,42-43,53,56H,12-13,15-20,24,26-27,29-30H2,1-6H3. The van der Waals surface area contributed by atoms with E-state index >= 15 is 4.79 Å². The van der Waals surface area contributed by atoms with Crippen molar-refractivity contribution in [1.29, 1.82) is 0 Å². The summed E-state index contributed by atoms with van der Waals surface area (Å²) in [5, 5.41) is 25.7. The van der Waals surface area contributed by atoms with Crippen molar-refractivity contribution in [2.24, 2.45) is 56.7 Å². The fraction of sp³-hybridized carbons (Fsp3) is 0.608. The summed E-state index contributed by atoms with van der Waals surface area (Å²) < 4.78 is 12.2. The summed E-state index contributed by atoms with van der Waals surface area (Å²) in [6, 6.07) is 16.0. The van der Waals surface area contributed by atoms with E-state index in [1.54, 1.807) is 25.6 Å². The van der Waals surface area contributed by atoms with E-state index in [1.807, 2.05) is 30.3 Å². The number of amides is 1. The number of allylic oxidation sites excluding steroid dienone is 4. The summed E-state index contributed by atoms with van der Waals surface area (Å²) in [6.07, 6.45) is 15.9. The van der Waals surface area contributed by atoms with Gasteiger partial charge in [0.2, 0.25) is 5.91 Å². The highest BCUT2D eigenvalue weighted by Gasteiger charge is 2.74. The van der Waals surface area contributed by atoms with Crippen LogP contribution in [0.25, 0.3) is 10.1 Å². The minimum absolute atomic E-state index is 0.0189. The zero-order valence-corrected chi connectivity index (χ0v) is 36.7. The van der Waals surface area contributed by atoms with E-state index in [4.69, 9.17) is 9.47 Å². The average Bonchev–Trinajstić information content (AvgIpc) is 3.78. The zero-order chi connectivity index (χ0) is 41.3. The first-order valence-corrected chi connectivity index (χ1v) is 23.3. The number of fused-ring (bicyclic) bond motifs is 4. The van der Waals surface area contributed by atoms with Crippen molar-refractivity contribution in [3.05, 3.63) is 82.8 Å². The van der Waals surface area contributed by atoms with Gasteiger partial charge in [-0.05, 0) is 140 Å². The largest absolute Gasteiger partial charge is 0.493 e. The molecular formula is C51H63NO6S. The minimum atomic E-state index is -1.13. The van der Waals surface area contributed by atoms with Crippen LogP contribution in [0, 0.1) is 56.7 Å². The molecule has 2 spiro atoms. The molecule has 8 heteroatoms. The van der Waals surface area contributed by atoms with Crippen LogP contribution in [-0.2, 0) is 11.2 Å². The van der Waals surface area contributed by atoms with Crippen molar-refractivity contribution in [1.82, 2.24) is 4.90 Å². The number of rotatable bonds is 10. The van der Waals surface area contributed by atoms with Gasteiger partial charge in [0.1, 0.15) is 0 Å². The number of aliphatic hydroxyl groups excluding tert-OH is 1. The van der Waals surface area contributed by atoms with Gasteiger partial charge in [-0.15, -0.1) is 11.3 Å². The Balaban J connectivity index is 1.02. The van der Waals surface area contributed by atoms with Crippen molar-refractivity contribution in [2.75, 3.05) is 27.3 Å². The number of hydrogen-bond donors (Lipinski definition) is 2. The molecule has 1 heterocycles. The van der Waals surface area contributed by atoms with Crippen molar-refractivity contribution < 1.29 is 29.3 Å². The zero-order valence-electron chi connectivity index (χ0n) is 35.9. The van der Waals surface area contributed by atoms with Gasteiger partial charge < -0.3 is 24.6 Å². The van der Waals surface area contributed by atoms with E-state index in [0.717, 1.165) is 70.5 Å². The predicted octanol–water partition coefficient (Wildman–Crippen LogP) is 9.84. The van der Waals surface area contributed by atoms with Crippen molar-refractivity contribution in [2.45, 2.75) is 110 Å².